The third-order valence-electron chi connectivity index (χ3n) is 7.45. The zero-order valence-electron chi connectivity index (χ0n) is 20.5. The molecule has 1 saturated carbocycles. The second-order valence-corrected chi connectivity index (χ2v) is 9.98. The Morgan fingerprint density at radius 1 is 0.795 bits per heavy atom. The van der Waals surface area contributed by atoms with Crippen LogP contribution in [0.2, 0.25) is 0 Å². The van der Waals surface area contributed by atoms with Crippen LogP contribution in [0.4, 0.5) is 26.3 Å². The van der Waals surface area contributed by atoms with Crippen LogP contribution in [0.5, 0.6) is 0 Å². The molecule has 0 N–H and O–H groups in total. The van der Waals surface area contributed by atoms with Crippen molar-refractivity contribution in [2.75, 3.05) is 6.61 Å². The van der Waals surface area contributed by atoms with Gasteiger partial charge in [-0.15, -0.1) is 0 Å². The SMILES string of the molecule is O=C1c2ccccc2C(=O)N1[C@@H]1CC[C@](COCc2cc(C(F)(F)F)cc(C(F)(F)F)c2)(c2ccccc2)C1. The van der Waals surface area contributed by atoms with Crippen molar-refractivity contribution in [1.82, 2.24) is 4.90 Å². The maximum Gasteiger partial charge on any atom is 0.416 e. The van der Waals surface area contributed by atoms with Gasteiger partial charge < -0.3 is 4.74 Å². The van der Waals surface area contributed by atoms with E-state index in [1.165, 1.54) is 4.90 Å². The van der Waals surface area contributed by atoms with Gasteiger partial charge in [-0.2, -0.15) is 26.3 Å². The molecule has 204 valence electrons. The largest absolute Gasteiger partial charge is 0.416 e. The first-order chi connectivity index (χ1) is 18.4. The number of hydrogen-bond donors (Lipinski definition) is 0. The van der Waals surface area contributed by atoms with Gasteiger partial charge in [0.05, 0.1) is 35.5 Å². The van der Waals surface area contributed by atoms with Gasteiger partial charge in [-0.3, -0.25) is 14.5 Å². The second kappa shape index (κ2) is 9.82. The first-order valence-electron chi connectivity index (χ1n) is 12.3. The maximum atomic E-state index is 13.3. The molecule has 0 bridgehead atoms. The molecule has 39 heavy (non-hydrogen) atoms. The number of amides is 2. The molecular weight excluding hydrogens is 524 g/mol. The molecule has 0 unspecified atom stereocenters. The number of rotatable bonds is 6. The molecule has 3 aromatic carbocycles. The maximum absolute atomic E-state index is 13.3. The average Bonchev–Trinajstić information content (AvgIpc) is 3.43. The molecule has 5 rings (SSSR count). The minimum absolute atomic E-state index is 0.0196. The molecule has 4 nitrogen and oxygen atoms in total. The van der Waals surface area contributed by atoms with Crippen molar-refractivity contribution in [3.8, 4) is 0 Å². The number of ether oxygens (including phenoxy) is 1. The Balaban J connectivity index is 1.38. The van der Waals surface area contributed by atoms with Gasteiger partial charge in [-0.1, -0.05) is 42.5 Å². The number of carbonyl (C=O) groups is 2. The summed E-state index contributed by atoms with van der Waals surface area (Å²) in [6.07, 6.45) is -8.57. The van der Waals surface area contributed by atoms with Crippen LogP contribution in [-0.4, -0.2) is 29.4 Å². The third kappa shape index (κ3) is 5.17. The molecule has 1 fully saturated rings. The van der Waals surface area contributed by atoms with Gasteiger partial charge in [0, 0.05) is 11.5 Å². The van der Waals surface area contributed by atoms with Crippen LogP contribution in [0.3, 0.4) is 0 Å². The fraction of sp³-hybridized carbons (Fsp3) is 0.310. The predicted molar refractivity (Wildman–Crippen MR) is 129 cm³/mol. The minimum Gasteiger partial charge on any atom is -0.376 e. The van der Waals surface area contributed by atoms with E-state index in [1.807, 2.05) is 30.3 Å². The standard InChI is InChI=1S/C29H23F6NO3/c30-28(31,32)20-12-18(13-21(14-20)29(33,34)35)16-39-17-27(19-6-2-1-3-7-19)11-10-22(15-27)36-25(37)23-8-4-5-9-24(23)26(36)38/h1-9,12-14,22H,10-11,15-17H2/t22-,27+/m1/s1. The molecule has 2 aliphatic rings. The van der Waals surface area contributed by atoms with Crippen molar-refractivity contribution >= 4 is 11.8 Å². The van der Waals surface area contributed by atoms with E-state index in [0.29, 0.717) is 42.5 Å². The van der Waals surface area contributed by atoms with Gasteiger partial charge in [0.25, 0.3) is 11.8 Å². The summed E-state index contributed by atoms with van der Waals surface area (Å²) in [7, 11) is 0. The Kier molecular flexibility index (Phi) is 6.78. The molecule has 1 heterocycles. The number of imide groups is 1. The van der Waals surface area contributed by atoms with Crippen molar-refractivity contribution in [2.45, 2.75) is 49.7 Å². The topological polar surface area (TPSA) is 46.6 Å². The molecule has 2 amide bonds. The summed E-state index contributed by atoms with van der Waals surface area (Å²) < 4.78 is 85.4. The number of nitrogens with zero attached hydrogens (tertiary/aromatic N) is 1. The molecule has 3 aromatic rings. The van der Waals surface area contributed by atoms with Gasteiger partial charge >= 0.3 is 12.4 Å². The predicted octanol–water partition coefficient (Wildman–Crippen LogP) is 7.03. The monoisotopic (exact) mass is 547 g/mol. The summed E-state index contributed by atoms with van der Waals surface area (Å²) in [6, 6.07) is 16.7. The molecule has 0 aromatic heterocycles. The van der Waals surface area contributed by atoms with E-state index in [1.54, 1.807) is 24.3 Å². The first kappa shape index (κ1) is 26.9. The van der Waals surface area contributed by atoms with Crippen LogP contribution in [0.25, 0.3) is 0 Å². The van der Waals surface area contributed by atoms with E-state index in [4.69, 9.17) is 4.74 Å². The van der Waals surface area contributed by atoms with Gasteiger partial charge in [-0.05, 0) is 60.7 Å². The highest BCUT2D eigenvalue weighted by Crippen LogP contribution is 2.45. The number of fused-ring (bicyclic) bond motifs is 1. The first-order valence-corrected chi connectivity index (χ1v) is 12.3. The lowest BCUT2D eigenvalue weighted by atomic mass is 9.79. The van der Waals surface area contributed by atoms with E-state index in [0.717, 1.165) is 5.56 Å². The van der Waals surface area contributed by atoms with E-state index in [9.17, 15) is 35.9 Å². The fourth-order valence-corrected chi connectivity index (χ4v) is 5.59. The van der Waals surface area contributed by atoms with Crippen LogP contribution in [-0.2, 0) is 29.1 Å². The van der Waals surface area contributed by atoms with Crippen molar-refractivity contribution in [2.24, 2.45) is 0 Å². The Bertz CT molecular complexity index is 1330. The Morgan fingerprint density at radius 2 is 1.33 bits per heavy atom. The van der Waals surface area contributed by atoms with Crippen LogP contribution in [0.15, 0.2) is 72.8 Å². The summed E-state index contributed by atoms with van der Waals surface area (Å²) in [4.78, 5) is 27.4. The molecular formula is C29H23F6NO3. The van der Waals surface area contributed by atoms with Crippen LogP contribution in [0.1, 0.15) is 62.2 Å². The molecule has 10 heteroatoms. The number of benzene rings is 3. The van der Waals surface area contributed by atoms with Gasteiger partial charge in [0.2, 0.25) is 0 Å². The minimum atomic E-state index is -4.95. The Labute approximate surface area is 220 Å². The van der Waals surface area contributed by atoms with Gasteiger partial charge in [0.15, 0.2) is 0 Å². The summed E-state index contributed by atoms with van der Waals surface area (Å²) >= 11 is 0. The van der Waals surface area contributed by atoms with Crippen LogP contribution >= 0.6 is 0 Å². The number of hydrogen-bond acceptors (Lipinski definition) is 3. The van der Waals surface area contributed by atoms with E-state index < -0.39 is 41.5 Å². The van der Waals surface area contributed by atoms with Gasteiger partial charge in [0.1, 0.15) is 0 Å². The number of halogens is 6. The van der Waals surface area contributed by atoms with Crippen molar-refractivity contribution in [3.63, 3.8) is 0 Å². The normalized spacial score (nSPS) is 21.5. The number of alkyl halides is 6. The summed E-state index contributed by atoms with van der Waals surface area (Å²) in [5.74, 6) is -0.761. The lowest BCUT2D eigenvalue weighted by Gasteiger charge is -2.31. The molecule has 2 atom stereocenters. The zero-order valence-corrected chi connectivity index (χ0v) is 20.5. The summed E-state index contributed by atoms with van der Waals surface area (Å²) in [5, 5.41) is 0. The van der Waals surface area contributed by atoms with Crippen molar-refractivity contribution < 1.29 is 40.7 Å². The highest BCUT2D eigenvalue weighted by atomic mass is 19.4. The molecule has 0 radical (unpaired) electrons. The fourth-order valence-electron chi connectivity index (χ4n) is 5.59. The Hall–Kier alpha value is -3.66. The lowest BCUT2D eigenvalue weighted by Crippen LogP contribution is -2.40. The highest BCUT2D eigenvalue weighted by Gasteiger charge is 2.48. The van der Waals surface area contributed by atoms with E-state index >= 15 is 0 Å². The lowest BCUT2D eigenvalue weighted by molar-refractivity contribution is -0.143. The highest BCUT2D eigenvalue weighted by molar-refractivity contribution is 6.21. The van der Waals surface area contributed by atoms with Crippen molar-refractivity contribution in [1.29, 1.82) is 0 Å². The molecule has 0 spiro atoms. The smallest absolute Gasteiger partial charge is 0.376 e. The molecule has 0 saturated heterocycles. The molecule has 1 aliphatic carbocycles. The molecule has 1 aliphatic heterocycles. The summed E-state index contributed by atoms with van der Waals surface area (Å²) in [5.41, 5.74) is -2.24. The van der Waals surface area contributed by atoms with Gasteiger partial charge in [-0.25, -0.2) is 0 Å². The third-order valence-corrected chi connectivity index (χ3v) is 7.45. The number of carbonyl (C=O) groups excluding carboxylic acids is 2. The van der Waals surface area contributed by atoms with Crippen LogP contribution < -0.4 is 0 Å². The van der Waals surface area contributed by atoms with Crippen molar-refractivity contribution in [3.05, 3.63) is 106 Å². The van der Waals surface area contributed by atoms with Crippen LogP contribution in [0, 0.1) is 0 Å². The second-order valence-electron chi connectivity index (χ2n) is 9.98. The Morgan fingerprint density at radius 3 is 1.87 bits per heavy atom. The summed E-state index contributed by atoms with van der Waals surface area (Å²) in [6.45, 7) is -0.493. The zero-order chi connectivity index (χ0) is 28.0. The average molecular weight is 547 g/mol. The van der Waals surface area contributed by atoms with E-state index in [-0.39, 0.29) is 30.1 Å². The van der Waals surface area contributed by atoms with E-state index in [2.05, 4.69) is 0 Å². The quantitative estimate of drug-likeness (QED) is 0.246.